The van der Waals surface area contributed by atoms with E-state index in [0.717, 1.165) is 41.4 Å². The summed E-state index contributed by atoms with van der Waals surface area (Å²) in [6.45, 7) is 0. The van der Waals surface area contributed by atoms with E-state index in [-0.39, 0.29) is 11.9 Å². The van der Waals surface area contributed by atoms with Crippen molar-refractivity contribution in [1.29, 1.82) is 0 Å². The Bertz CT molecular complexity index is 848. The number of amides is 1. The third-order valence-corrected chi connectivity index (χ3v) is 5.30. The van der Waals surface area contributed by atoms with Gasteiger partial charge < -0.3 is 9.73 Å². The highest BCUT2D eigenvalue weighted by molar-refractivity contribution is 6.07. The van der Waals surface area contributed by atoms with Crippen LogP contribution in [-0.2, 0) is 6.42 Å². The summed E-state index contributed by atoms with van der Waals surface area (Å²) in [6, 6.07) is 18.2. The molecule has 0 spiro atoms. The van der Waals surface area contributed by atoms with Crippen LogP contribution in [0, 0.1) is 5.92 Å². The highest BCUT2D eigenvalue weighted by atomic mass is 16.3. The van der Waals surface area contributed by atoms with Crippen LogP contribution in [0.25, 0.3) is 10.8 Å². The Morgan fingerprint density at radius 1 is 1.00 bits per heavy atom. The minimum atomic E-state index is 0.0353. The van der Waals surface area contributed by atoms with Crippen LogP contribution in [0.1, 0.15) is 41.8 Å². The topological polar surface area (TPSA) is 42.2 Å². The summed E-state index contributed by atoms with van der Waals surface area (Å²) < 4.78 is 5.52. The summed E-state index contributed by atoms with van der Waals surface area (Å²) >= 11 is 0. The van der Waals surface area contributed by atoms with Crippen LogP contribution < -0.4 is 5.32 Å². The second kappa shape index (κ2) is 7.14. The molecule has 0 radical (unpaired) electrons. The largest absolute Gasteiger partial charge is 0.469 e. The van der Waals surface area contributed by atoms with E-state index in [0.29, 0.717) is 5.92 Å². The zero-order valence-electron chi connectivity index (χ0n) is 14.3. The second-order valence-electron chi connectivity index (χ2n) is 6.93. The molecular formula is C22H23NO2. The molecular weight excluding hydrogens is 310 g/mol. The van der Waals surface area contributed by atoms with Gasteiger partial charge in [0, 0.05) is 18.0 Å². The Morgan fingerprint density at radius 2 is 1.84 bits per heavy atom. The Balaban J connectivity index is 1.53. The molecule has 2 atom stereocenters. The van der Waals surface area contributed by atoms with Crippen LogP contribution in [0.4, 0.5) is 0 Å². The first-order chi connectivity index (χ1) is 12.3. The number of carbonyl (C=O) groups is 1. The van der Waals surface area contributed by atoms with Crippen molar-refractivity contribution < 1.29 is 9.21 Å². The standard InChI is InChI=1S/C22H23NO2/c24-22(20-12-5-9-16-7-1-3-11-19(16)20)23-21-13-4-2-8-17(21)15-18-10-6-14-25-18/h1,3,5-7,9-12,14,17,21H,2,4,8,13,15H2,(H,23,24)/t17-,21-/m0/s1. The van der Waals surface area contributed by atoms with Crippen molar-refractivity contribution in [3.8, 4) is 0 Å². The minimum Gasteiger partial charge on any atom is -0.469 e. The maximum absolute atomic E-state index is 12.9. The van der Waals surface area contributed by atoms with Gasteiger partial charge in [0.15, 0.2) is 0 Å². The molecule has 3 aromatic rings. The van der Waals surface area contributed by atoms with Crippen LogP contribution in [0.2, 0.25) is 0 Å². The summed E-state index contributed by atoms with van der Waals surface area (Å²) in [6.07, 6.45) is 7.21. The molecule has 3 nitrogen and oxygen atoms in total. The van der Waals surface area contributed by atoms with Gasteiger partial charge in [-0.15, -0.1) is 0 Å². The van der Waals surface area contributed by atoms with Crippen molar-refractivity contribution in [2.24, 2.45) is 5.92 Å². The predicted molar refractivity (Wildman–Crippen MR) is 99.6 cm³/mol. The summed E-state index contributed by atoms with van der Waals surface area (Å²) in [7, 11) is 0. The van der Waals surface area contributed by atoms with E-state index >= 15 is 0 Å². The van der Waals surface area contributed by atoms with E-state index in [4.69, 9.17) is 4.42 Å². The lowest BCUT2D eigenvalue weighted by molar-refractivity contribution is 0.0905. The van der Waals surface area contributed by atoms with Crippen molar-refractivity contribution in [2.75, 3.05) is 0 Å². The van der Waals surface area contributed by atoms with Crippen LogP contribution in [0.15, 0.2) is 65.3 Å². The molecule has 2 aromatic carbocycles. The third-order valence-electron chi connectivity index (χ3n) is 5.30. The SMILES string of the molecule is O=C(N[C@H]1CCCC[C@H]1Cc1ccco1)c1cccc2ccccc12. The Morgan fingerprint density at radius 3 is 2.72 bits per heavy atom. The maximum atomic E-state index is 12.9. The normalized spacial score (nSPS) is 20.5. The first-order valence-electron chi connectivity index (χ1n) is 9.12. The van der Waals surface area contributed by atoms with Crippen molar-refractivity contribution >= 4 is 16.7 Å². The lowest BCUT2D eigenvalue weighted by Crippen LogP contribution is -2.42. The van der Waals surface area contributed by atoms with E-state index in [9.17, 15) is 4.79 Å². The van der Waals surface area contributed by atoms with Crippen molar-refractivity contribution in [3.05, 3.63) is 72.2 Å². The minimum absolute atomic E-state index is 0.0353. The molecule has 25 heavy (non-hydrogen) atoms. The first kappa shape index (κ1) is 15.9. The molecule has 1 amide bonds. The predicted octanol–water partition coefficient (Wildman–Crippen LogP) is 4.96. The zero-order valence-corrected chi connectivity index (χ0v) is 14.3. The average molecular weight is 333 g/mol. The van der Waals surface area contributed by atoms with E-state index in [1.807, 2.05) is 54.6 Å². The van der Waals surface area contributed by atoms with Gasteiger partial charge in [-0.1, -0.05) is 49.2 Å². The third kappa shape index (κ3) is 3.46. The molecule has 0 bridgehead atoms. The van der Waals surface area contributed by atoms with Crippen molar-refractivity contribution in [1.82, 2.24) is 5.32 Å². The maximum Gasteiger partial charge on any atom is 0.252 e. The Kier molecular flexibility index (Phi) is 4.55. The smallest absolute Gasteiger partial charge is 0.252 e. The van der Waals surface area contributed by atoms with E-state index < -0.39 is 0 Å². The van der Waals surface area contributed by atoms with Gasteiger partial charge in [0.25, 0.3) is 5.91 Å². The Hall–Kier alpha value is -2.55. The van der Waals surface area contributed by atoms with E-state index in [2.05, 4.69) is 5.32 Å². The van der Waals surface area contributed by atoms with Gasteiger partial charge in [0.1, 0.15) is 5.76 Å². The second-order valence-corrected chi connectivity index (χ2v) is 6.93. The van der Waals surface area contributed by atoms with Crippen molar-refractivity contribution in [2.45, 2.75) is 38.1 Å². The quantitative estimate of drug-likeness (QED) is 0.733. The molecule has 1 aliphatic rings. The van der Waals surface area contributed by atoms with Gasteiger partial charge in [-0.25, -0.2) is 0 Å². The monoisotopic (exact) mass is 333 g/mol. The number of rotatable bonds is 4. The summed E-state index contributed by atoms with van der Waals surface area (Å²) in [5, 5.41) is 5.43. The van der Waals surface area contributed by atoms with Crippen LogP contribution in [0.5, 0.6) is 0 Å². The highest BCUT2D eigenvalue weighted by Crippen LogP contribution is 2.28. The number of hydrogen-bond donors (Lipinski definition) is 1. The molecule has 4 rings (SSSR count). The molecule has 1 aliphatic carbocycles. The molecule has 1 aromatic heterocycles. The molecule has 1 saturated carbocycles. The molecule has 1 fully saturated rings. The fraction of sp³-hybridized carbons (Fsp3) is 0.318. The van der Waals surface area contributed by atoms with E-state index in [1.54, 1.807) is 6.26 Å². The fourth-order valence-electron chi connectivity index (χ4n) is 4.00. The van der Waals surface area contributed by atoms with Crippen LogP contribution in [0.3, 0.4) is 0 Å². The van der Waals surface area contributed by atoms with Gasteiger partial charge in [-0.3, -0.25) is 4.79 Å². The van der Waals surface area contributed by atoms with Crippen molar-refractivity contribution in [3.63, 3.8) is 0 Å². The first-order valence-corrected chi connectivity index (χ1v) is 9.12. The van der Waals surface area contributed by atoms with Gasteiger partial charge in [0.2, 0.25) is 0 Å². The summed E-state index contributed by atoms with van der Waals surface area (Å²) in [5.74, 6) is 1.49. The lowest BCUT2D eigenvalue weighted by atomic mass is 9.81. The van der Waals surface area contributed by atoms with E-state index in [1.165, 1.54) is 12.8 Å². The average Bonchev–Trinajstić information content (AvgIpc) is 3.16. The van der Waals surface area contributed by atoms with Gasteiger partial charge in [-0.05, 0) is 47.7 Å². The number of benzene rings is 2. The molecule has 128 valence electrons. The van der Waals surface area contributed by atoms with Gasteiger partial charge in [0.05, 0.1) is 6.26 Å². The molecule has 0 unspecified atom stereocenters. The molecule has 3 heteroatoms. The zero-order chi connectivity index (χ0) is 17.1. The lowest BCUT2D eigenvalue weighted by Gasteiger charge is -2.32. The number of carbonyl (C=O) groups excluding carboxylic acids is 1. The van der Waals surface area contributed by atoms with Gasteiger partial charge >= 0.3 is 0 Å². The number of furan rings is 1. The van der Waals surface area contributed by atoms with Gasteiger partial charge in [-0.2, -0.15) is 0 Å². The molecule has 0 aliphatic heterocycles. The summed E-state index contributed by atoms with van der Waals surface area (Å²) in [4.78, 5) is 12.9. The highest BCUT2D eigenvalue weighted by Gasteiger charge is 2.28. The molecule has 0 saturated heterocycles. The number of hydrogen-bond acceptors (Lipinski definition) is 2. The number of fused-ring (bicyclic) bond motifs is 1. The fourth-order valence-corrected chi connectivity index (χ4v) is 4.00. The molecule has 1 heterocycles. The Labute approximate surface area is 148 Å². The van der Waals surface area contributed by atoms with Crippen LogP contribution in [-0.4, -0.2) is 11.9 Å². The summed E-state index contributed by atoms with van der Waals surface area (Å²) in [5.41, 5.74) is 0.764. The number of nitrogens with one attached hydrogen (secondary N) is 1. The molecule has 1 N–H and O–H groups in total. The van der Waals surface area contributed by atoms with Crippen LogP contribution >= 0.6 is 0 Å².